The molecule has 0 aromatic heterocycles. The molecular formula is C15H8N2O2. The van der Waals surface area contributed by atoms with Crippen molar-refractivity contribution in [1.29, 1.82) is 5.26 Å². The molecule has 2 N–H and O–H groups in total. The van der Waals surface area contributed by atoms with Gasteiger partial charge in [0.2, 0.25) is 0 Å². The first-order valence-corrected chi connectivity index (χ1v) is 5.66. The lowest BCUT2D eigenvalue weighted by Gasteiger charge is -2.19. The van der Waals surface area contributed by atoms with E-state index in [9.17, 15) is 9.59 Å². The molecule has 0 radical (unpaired) electrons. The van der Waals surface area contributed by atoms with Crippen molar-refractivity contribution in [2.75, 3.05) is 5.73 Å². The monoisotopic (exact) mass is 248 g/mol. The van der Waals surface area contributed by atoms with Gasteiger partial charge in [0.1, 0.15) is 0 Å². The molecule has 0 spiro atoms. The van der Waals surface area contributed by atoms with Crippen molar-refractivity contribution in [3.63, 3.8) is 0 Å². The summed E-state index contributed by atoms with van der Waals surface area (Å²) in [6.07, 6.45) is 0. The van der Waals surface area contributed by atoms with Crippen LogP contribution >= 0.6 is 0 Å². The molecule has 4 heteroatoms. The van der Waals surface area contributed by atoms with Crippen LogP contribution < -0.4 is 5.73 Å². The van der Waals surface area contributed by atoms with E-state index in [4.69, 9.17) is 11.0 Å². The van der Waals surface area contributed by atoms with Crippen molar-refractivity contribution in [2.24, 2.45) is 0 Å². The van der Waals surface area contributed by atoms with Crippen LogP contribution in [-0.4, -0.2) is 11.6 Å². The molecule has 1 aliphatic rings. The number of hydrogen-bond donors (Lipinski definition) is 1. The normalized spacial score (nSPS) is 12.6. The second-order valence-corrected chi connectivity index (χ2v) is 4.27. The molecule has 2 aromatic carbocycles. The summed E-state index contributed by atoms with van der Waals surface area (Å²) in [6, 6.07) is 11.4. The number of carbonyl (C=O) groups excluding carboxylic acids is 2. The number of anilines is 1. The summed E-state index contributed by atoms with van der Waals surface area (Å²) in [5.74, 6) is -0.631. The van der Waals surface area contributed by atoms with E-state index in [2.05, 4.69) is 0 Å². The number of hydrogen-bond acceptors (Lipinski definition) is 4. The maximum Gasteiger partial charge on any atom is 0.196 e. The van der Waals surface area contributed by atoms with Crippen LogP contribution in [0.25, 0.3) is 0 Å². The van der Waals surface area contributed by atoms with Crippen molar-refractivity contribution < 1.29 is 9.59 Å². The third kappa shape index (κ3) is 1.39. The predicted octanol–water partition coefficient (Wildman–Crippen LogP) is 1.92. The Morgan fingerprint density at radius 1 is 0.895 bits per heavy atom. The fourth-order valence-corrected chi connectivity index (χ4v) is 2.36. The Labute approximate surface area is 109 Å². The highest BCUT2D eigenvalue weighted by Crippen LogP contribution is 2.32. The van der Waals surface area contributed by atoms with Crippen molar-refractivity contribution in [1.82, 2.24) is 0 Å². The summed E-state index contributed by atoms with van der Waals surface area (Å²) in [7, 11) is 0. The lowest BCUT2D eigenvalue weighted by Crippen LogP contribution is -2.23. The fourth-order valence-electron chi connectivity index (χ4n) is 2.36. The highest BCUT2D eigenvalue weighted by molar-refractivity contribution is 6.30. The number of benzene rings is 2. The van der Waals surface area contributed by atoms with E-state index in [1.165, 1.54) is 6.07 Å². The third-order valence-corrected chi connectivity index (χ3v) is 3.22. The molecule has 0 unspecified atom stereocenters. The molecule has 0 bridgehead atoms. The van der Waals surface area contributed by atoms with Crippen LogP contribution in [0.5, 0.6) is 0 Å². The molecule has 0 saturated heterocycles. The van der Waals surface area contributed by atoms with E-state index in [0.29, 0.717) is 0 Å². The topological polar surface area (TPSA) is 83.9 Å². The highest BCUT2D eigenvalue weighted by Gasteiger charge is 2.32. The van der Waals surface area contributed by atoms with Gasteiger partial charge in [0, 0.05) is 16.8 Å². The minimum absolute atomic E-state index is 0.174. The van der Waals surface area contributed by atoms with Crippen molar-refractivity contribution in [3.8, 4) is 6.07 Å². The van der Waals surface area contributed by atoms with Gasteiger partial charge < -0.3 is 5.73 Å². The minimum atomic E-state index is -0.325. The average molecular weight is 248 g/mol. The van der Waals surface area contributed by atoms with E-state index in [1.807, 2.05) is 6.07 Å². The van der Waals surface area contributed by atoms with Gasteiger partial charge >= 0.3 is 0 Å². The maximum atomic E-state index is 12.4. The summed E-state index contributed by atoms with van der Waals surface area (Å²) < 4.78 is 0. The summed E-state index contributed by atoms with van der Waals surface area (Å²) in [5.41, 5.74) is 7.19. The van der Waals surface area contributed by atoms with E-state index in [0.717, 1.165) is 0 Å². The van der Waals surface area contributed by atoms with E-state index < -0.39 is 0 Å². The Morgan fingerprint density at radius 3 is 2.16 bits per heavy atom. The number of fused-ring (bicyclic) bond motifs is 2. The molecule has 0 aliphatic heterocycles. The van der Waals surface area contributed by atoms with Gasteiger partial charge in [-0.1, -0.05) is 24.3 Å². The summed E-state index contributed by atoms with van der Waals surface area (Å²) in [4.78, 5) is 24.8. The Hall–Kier alpha value is -2.93. The van der Waals surface area contributed by atoms with Gasteiger partial charge in [0.15, 0.2) is 11.6 Å². The average Bonchev–Trinajstić information content (AvgIpc) is 2.43. The largest absolute Gasteiger partial charge is 0.398 e. The predicted molar refractivity (Wildman–Crippen MR) is 68.9 cm³/mol. The molecule has 0 amide bonds. The standard InChI is InChI=1S/C15H8N2O2/c16-7-8-3-1-4-9-12(8)14(18)10-5-2-6-11(17)13(10)15(9)19/h1-6H,17H2. The second-order valence-electron chi connectivity index (χ2n) is 4.27. The molecule has 0 saturated carbocycles. The molecular weight excluding hydrogens is 240 g/mol. The lowest BCUT2D eigenvalue weighted by atomic mass is 9.81. The van der Waals surface area contributed by atoms with Gasteiger partial charge in [0.05, 0.1) is 22.8 Å². The molecule has 1 aliphatic carbocycles. The molecule has 0 fully saturated rings. The zero-order valence-electron chi connectivity index (χ0n) is 9.81. The van der Waals surface area contributed by atoms with Crippen LogP contribution in [0.1, 0.15) is 37.4 Å². The zero-order valence-corrected chi connectivity index (χ0v) is 9.81. The smallest absolute Gasteiger partial charge is 0.196 e. The molecule has 2 aromatic rings. The quantitative estimate of drug-likeness (QED) is 0.616. The van der Waals surface area contributed by atoms with Crippen LogP contribution in [0.15, 0.2) is 36.4 Å². The van der Waals surface area contributed by atoms with Crippen LogP contribution in [0.4, 0.5) is 5.69 Å². The van der Waals surface area contributed by atoms with Gasteiger partial charge in [-0.05, 0) is 12.1 Å². The van der Waals surface area contributed by atoms with Gasteiger partial charge in [-0.3, -0.25) is 9.59 Å². The van der Waals surface area contributed by atoms with Gasteiger partial charge in [0.25, 0.3) is 0 Å². The van der Waals surface area contributed by atoms with Crippen LogP contribution in [0.3, 0.4) is 0 Å². The summed E-state index contributed by atoms with van der Waals surface area (Å²) >= 11 is 0. The van der Waals surface area contributed by atoms with Crippen molar-refractivity contribution in [3.05, 3.63) is 64.2 Å². The third-order valence-electron chi connectivity index (χ3n) is 3.22. The zero-order chi connectivity index (χ0) is 13.6. The molecule has 90 valence electrons. The number of nitriles is 1. The number of nitrogens with two attached hydrogens (primary N) is 1. The molecule has 0 atom stereocenters. The Balaban J connectivity index is 2.40. The van der Waals surface area contributed by atoms with Gasteiger partial charge in [-0.2, -0.15) is 5.26 Å². The van der Waals surface area contributed by atoms with Crippen LogP contribution in [-0.2, 0) is 0 Å². The number of rotatable bonds is 0. The number of nitrogen functional groups attached to an aromatic ring is 1. The highest BCUT2D eigenvalue weighted by atomic mass is 16.1. The van der Waals surface area contributed by atoms with E-state index in [1.54, 1.807) is 30.3 Å². The lowest BCUT2D eigenvalue weighted by molar-refractivity contribution is 0.0979. The van der Waals surface area contributed by atoms with E-state index in [-0.39, 0.29) is 45.1 Å². The first kappa shape index (κ1) is 11.2. The molecule has 4 nitrogen and oxygen atoms in total. The Morgan fingerprint density at radius 2 is 1.47 bits per heavy atom. The summed E-state index contributed by atoms with van der Waals surface area (Å²) in [6.45, 7) is 0. The van der Waals surface area contributed by atoms with Crippen molar-refractivity contribution in [2.45, 2.75) is 0 Å². The molecule has 3 rings (SSSR count). The minimum Gasteiger partial charge on any atom is -0.398 e. The second kappa shape index (κ2) is 3.79. The summed E-state index contributed by atoms with van der Waals surface area (Å²) in [5, 5.41) is 9.06. The first-order valence-electron chi connectivity index (χ1n) is 5.66. The molecule has 0 heterocycles. The SMILES string of the molecule is N#Cc1cccc2c1C(=O)c1cccc(N)c1C2=O. The Bertz CT molecular complexity index is 785. The number of nitrogens with zero attached hydrogens (tertiary/aromatic N) is 1. The maximum absolute atomic E-state index is 12.4. The number of carbonyl (C=O) groups is 2. The van der Waals surface area contributed by atoms with Gasteiger partial charge in [-0.15, -0.1) is 0 Å². The molecule has 19 heavy (non-hydrogen) atoms. The van der Waals surface area contributed by atoms with Crippen molar-refractivity contribution >= 4 is 17.3 Å². The first-order chi connectivity index (χ1) is 9.15. The Kier molecular flexibility index (Phi) is 2.23. The van der Waals surface area contributed by atoms with Crippen LogP contribution in [0, 0.1) is 11.3 Å². The van der Waals surface area contributed by atoms with Crippen LogP contribution in [0.2, 0.25) is 0 Å². The van der Waals surface area contributed by atoms with Gasteiger partial charge in [-0.25, -0.2) is 0 Å². The van der Waals surface area contributed by atoms with E-state index >= 15 is 0 Å². The number of ketones is 2. The fraction of sp³-hybridized carbons (Fsp3) is 0.